The van der Waals surface area contributed by atoms with E-state index < -0.39 is 5.79 Å². The molecule has 0 aliphatic carbocycles. The maximum Gasteiger partial charge on any atom is 0.188 e. The lowest BCUT2D eigenvalue weighted by Gasteiger charge is -2.28. The fourth-order valence-corrected chi connectivity index (χ4v) is 1.88. The highest BCUT2D eigenvalue weighted by atomic mass is 15.3. The molecule has 96 valence electrons. The number of anilines is 1. The molecule has 0 fully saturated rings. The molecule has 1 aromatic carbocycles. The van der Waals surface area contributed by atoms with Gasteiger partial charge in [-0.3, -0.25) is 5.73 Å². The molecule has 1 aromatic rings. The number of hydrogen-bond donors (Lipinski definition) is 3. The first-order chi connectivity index (χ1) is 8.48. The summed E-state index contributed by atoms with van der Waals surface area (Å²) >= 11 is 0. The monoisotopic (exact) mass is 245 g/mol. The zero-order chi connectivity index (χ0) is 13.2. The van der Waals surface area contributed by atoms with Crippen molar-refractivity contribution < 1.29 is 0 Å². The summed E-state index contributed by atoms with van der Waals surface area (Å²) in [5.74, 6) is -0.403. The van der Waals surface area contributed by atoms with Crippen LogP contribution in [0.2, 0.25) is 0 Å². The third kappa shape index (κ3) is 2.81. The number of nitrogens with one attached hydrogen (secondary N) is 1. The minimum Gasteiger partial charge on any atom is -0.384 e. The van der Waals surface area contributed by atoms with Crippen LogP contribution in [-0.2, 0) is 6.42 Å². The van der Waals surface area contributed by atoms with Crippen molar-refractivity contribution in [1.82, 2.24) is 5.32 Å². The van der Waals surface area contributed by atoms with Gasteiger partial charge in [-0.25, -0.2) is 4.99 Å². The summed E-state index contributed by atoms with van der Waals surface area (Å²) in [6.07, 6.45) is 4.02. The second-order valence-corrected chi connectivity index (χ2v) is 4.68. The lowest BCUT2D eigenvalue weighted by molar-refractivity contribution is 0.390. The van der Waals surface area contributed by atoms with Crippen molar-refractivity contribution in [3.63, 3.8) is 0 Å². The molecule has 18 heavy (non-hydrogen) atoms. The Morgan fingerprint density at radius 3 is 2.50 bits per heavy atom. The van der Waals surface area contributed by atoms with Crippen molar-refractivity contribution in [2.24, 2.45) is 16.5 Å². The van der Waals surface area contributed by atoms with E-state index in [0.717, 1.165) is 11.3 Å². The molecular formula is C13H19N5. The van der Waals surface area contributed by atoms with Crippen LogP contribution < -0.4 is 21.7 Å². The molecule has 0 saturated carbocycles. The molecule has 1 aliphatic rings. The Labute approximate surface area is 107 Å². The number of rotatable bonds is 3. The molecule has 0 aromatic heterocycles. The summed E-state index contributed by atoms with van der Waals surface area (Å²) in [6.45, 7) is 0. The van der Waals surface area contributed by atoms with Crippen molar-refractivity contribution >= 4 is 11.5 Å². The lowest BCUT2D eigenvalue weighted by atomic mass is 10.1. The van der Waals surface area contributed by atoms with Crippen LogP contribution in [0.1, 0.15) is 5.56 Å². The molecule has 1 atom stereocenters. The van der Waals surface area contributed by atoms with Crippen molar-refractivity contribution in [2.75, 3.05) is 19.0 Å². The number of nitrogens with zero attached hydrogens (tertiary/aromatic N) is 2. The van der Waals surface area contributed by atoms with E-state index in [9.17, 15) is 0 Å². The molecule has 2 rings (SSSR count). The number of nitrogens with two attached hydrogens (primary N) is 2. The van der Waals surface area contributed by atoms with E-state index in [4.69, 9.17) is 11.5 Å². The molecule has 1 unspecified atom stereocenters. The number of benzene rings is 1. The quantitative estimate of drug-likeness (QED) is 0.719. The molecule has 1 heterocycles. The Hall–Kier alpha value is -2.01. The van der Waals surface area contributed by atoms with E-state index in [1.54, 1.807) is 12.3 Å². The maximum atomic E-state index is 6.14. The topological polar surface area (TPSA) is 79.7 Å². The van der Waals surface area contributed by atoms with Gasteiger partial charge in [-0.1, -0.05) is 12.1 Å². The van der Waals surface area contributed by atoms with Gasteiger partial charge in [0.05, 0.1) is 0 Å². The van der Waals surface area contributed by atoms with Gasteiger partial charge >= 0.3 is 0 Å². The van der Waals surface area contributed by atoms with Crippen LogP contribution in [0.15, 0.2) is 41.5 Å². The normalized spacial score (nSPS) is 22.3. The first kappa shape index (κ1) is 12.4. The largest absolute Gasteiger partial charge is 0.384 e. The Balaban J connectivity index is 2.12. The molecule has 0 saturated heterocycles. The summed E-state index contributed by atoms with van der Waals surface area (Å²) in [7, 11) is 4.02. The summed E-state index contributed by atoms with van der Waals surface area (Å²) in [5.41, 5.74) is 14.1. The van der Waals surface area contributed by atoms with Crippen molar-refractivity contribution in [2.45, 2.75) is 12.2 Å². The second kappa shape index (κ2) is 4.70. The predicted molar refractivity (Wildman–Crippen MR) is 75.3 cm³/mol. The molecule has 5 N–H and O–H groups in total. The maximum absolute atomic E-state index is 6.14. The van der Waals surface area contributed by atoms with E-state index in [2.05, 4.69) is 39.5 Å². The van der Waals surface area contributed by atoms with Gasteiger partial charge in [0.2, 0.25) is 0 Å². The number of amidine groups is 1. The SMILES string of the molecule is CN(C)c1ccc(CC2(N)N=C(N)C=CN2)cc1. The van der Waals surface area contributed by atoms with Gasteiger partial charge in [0.1, 0.15) is 5.84 Å². The Bertz CT molecular complexity index is 475. The molecule has 1 aliphatic heterocycles. The van der Waals surface area contributed by atoms with Crippen LogP contribution in [0.3, 0.4) is 0 Å². The third-order valence-electron chi connectivity index (χ3n) is 2.84. The number of aliphatic imine (C=N–C) groups is 1. The zero-order valence-corrected chi connectivity index (χ0v) is 10.7. The van der Waals surface area contributed by atoms with E-state index in [0.29, 0.717) is 12.3 Å². The molecule has 0 spiro atoms. The van der Waals surface area contributed by atoms with E-state index in [1.807, 2.05) is 14.1 Å². The molecule has 0 radical (unpaired) electrons. The summed E-state index contributed by atoms with van der Waals surface area (Å²) in [4.78, 5) is 6.29. The summed E-state index contributed by atoms with van der Waals surface area (Å²) < 4.78 is 0. The Morgan fingerprint density at radius 1 is 1.28 bits per heavy atom. The number of hydrogen-bond acceptors (Lipinski definition) is 5. The molecule has 5 nitrogen and oxygen atoms in total. The smallest absolute Gasteiger partial charge is 0.188 e. The van der Waals surface area contributed by atoms with Crippen LogP contribution in [0, 0.1) is 0 Å². The van der Waals surface area contributed by atoms with Gasteiger partial charge in [-0.05, 0) is 23.8 Å². The first-order valence-electron chi connectivity index (χ1n) is 5.83. The lowest BCUT2D eigenvalue weighted by Crippen LogP contribution is -2.54. The van der Waals surface area contributed by atoms with Gasteiger partial charge in [0.25, 0.3) is 0 Å². The summed E-state index contributed by atoms with van der Waals surface area (Å²) in [5, 5.41) is 3.03. The van der Waals surface area contributed by atoms with Gasteiger partial charge in [0.15, 0.2) is 5.79 Å². The molecular weight excluding hydrogens is 226 g/mol. The van der Waals surface area contributed by atoms with Gasteiger partial charge in [-0.2, -0.15) is 0 Å². The van der Waals surface area contributed by atoms with Crippen LogP contribution in [-0.4, -0.2) is 25.7 Å². The predicted octanol–water partition coefficient (Wildman–Crippen LogP) is 0.382. The average molecular weight is 245 g/mol. The van der Waals surface area contributed by atoms with Crippen molar-refractivity contribution in [1.29, 1.82) is 0 Å². The fraction of sp³-hybridized carbons (Fsp3) is 0.308. The highest BCUT2D eigenvalue weighted by Crippen LogP contribution is 2.16. The summed E-state index contributed by atoms with van der Waals surface area (Å²) in [6, 6.07) is 8.22. The van der Waals surface area contributed by atoms with E-state index >= 15 is 0 Å². The Kier molecular flexibility index (Phi) is 3.25. The van der Waals surface area contributed by atoms with Crippen LogP contribution in [0.4, 0.5) is 5.69 Å². The van der Waals surface area contributed by atoms with Crippen LogP contribution in [0.5, 0.6) is 0 Å². The average Bonchev–Trinajstić information content (AvgIpc) is 2.28. The highest BCUT2D eigenvalue weighted by Gasteiger charge is 2.24. The minimum atomic E-state index is -0.849. The fourth-order valence-electron chi connectivity index (χ4n) is 1.88. The second-order valence-electron chi connectivity index (χ2n) is 4.68. The molecule has 0 bridgehead atoms. The zero-order valence-electron chi connectivity index (χ0n) is 10.7. The van der Waals surface area contributed by atoms with Gasteiger partial charge in [-0.15, -0.1) is 0 Å². The van der Waals surface area contributed by atoms with E-state index in [1.165, 1.54) is 0 Å². The van der Waals surface area contributed by atoms with Crippen LogP contribution >= 0.6 is 0 Å². The minimum absolute atomic E-state index is 0.446. The van der Waals surface area contributed by atoms with E-state index in [-0.39, 0.29) is 0 Å². The first-order valence-corrected chi connectivity index (χ1v) is 5.83. The van der Waals surface area contributed by atoms with Crippen molar-refractivity contribution in [3.8, 4) is 0 Å². The standard InChI is InChI=1S/C13H19N5/c1-18(2)11-5-3-10(4-6-11)9-13(15)16-8-7-12(14)17-13/h3-8,16H,9,15H2,1-2H3,(H2,14,17). The Morgan fingerprint density at radius 2 is 1.94 bits per heavy atom. The molecule has 0 amide bonds. The molecule has 5 heteroatoms. The van der Waals surface area contributed by atoms with Crippen LogP contribution in [0.25, 0.3) is 0 Å². The van der Waals surface area contributed by atoms with Crippen molar-refractivity contribution in [3.05, 3.63) is 42.1 Å². The highest BCUT2D eigenvalue weighted by molar-refractivity contribution is 5.92. The van der Waals surface area contributed by atoms with Gasteiger partial charge < -0.3 is 16.0 Å². The third-order valence-corrected chi connectivity index (χ3v) is 2.84. The van der Waals surface area contributed by atoms with Gasteiger partial charge in [0, 0.05) is 32.4 Å².